The molecule has 0 spiro atoms. The van der Waals surface area contributed by atoms with Gasteiger partial charge in [-0.05, 0) is 18.1 Å². The van der Waals surface area contributed by atoms with Crippen LogP contribution in [0.3, 0.4) is 0 Å². The zero-order valence-corrected chi connectivity index (χ0v) is 11.5. The van der Waals surface area contributed by atoms with Crippen LogP contribution in [0.4, 0.5) is 3.89 Å². The van der Waals surface area contributed by atoms with Gasteiger partial charge in [0, 0.05) is 11.1 Å². The third kappa shape index (κ3) is 8.31. The van der Waals surface area contributed by atoms with E-state index in [4.69, 9.17) is 13.0 Å². The summed E-state index contributed by atoms with van der Waals surface area (Å²) in [6.45, 7) is 0. The molecule has 2 aromatic rings. The Morgan fingerprint density at radius 3 is 1.86 bits per heavy atom. The van der Waals surface area contributed by atoms with Crippen LogP contribution in [0.25, 0.3) is 0 Å². The zero-order valence-electron chi connectivity index (χ0n) is 10.7. The summed E-state index contributed by atoms with van der Waals surface area (Å²) >= 11 is 0. The summed E-state index contributed by atoms with van der Waals surface area (Å²) in [5.74, 6) is 5.32. The molecule has 0 aliphatic heterocycles. The number of rotatable bonds is 1. The Kier molecular flexibility index (Phi) is 6.27. The van der Waals surface area contributed by atoms with Gasteiger partial charge in [0.25, 0.3) is 0 Å². The molecule has 21 heavy (non-hydrogen) atoms. The van der Waals surface area contributed by atoms with Crippen LogP contribution < -0.4 is 0 Å². The predicted molar refractivity (Wildman–Crippen MR) is 76.7 cm³/mol. The van der Waals surface area contributed by atoms with Crippen LogP contribution in [0.15, 0.2) is 60.7 Å². The smallest absolute Gasteiger partial charge is 0.279 e. The first kappa shape index (κ1) is 16.6. The highest BCUT2D eigenvalue weighted by Gasteiger charge is 1.98. The fourth-order valence-corrected chi connectivity index (χ4v) is 1.31. The van der Waals surface area contributed by atoms with Gasteiger partial charge in [-0.3, -0.25) is 9.35 Å². The predicted octanol–water partition coefficient (Wildman–Crippen LogP) is 2.68. The minimum absolute atomic E-state index is 0.149. The molecule has 4 nitrogen and oxygen atoms in total. The van der Waals surface area contributed by atoms with Crippen molar-refractivity contribution in [2.75, 3.05) is 0 Å². The summed E-state index contributed by atoms with van der Waals surface area (Å²) in [4.78, 5) is 11.6. The van der Waals surface area contributed by atoms with E-state index in [-0.39, 0.29) is 5.78 Å². The van der Waals surface area contributed by atoms with E-state index in [0.717, 1.165) is 5.56 Å². The lowest BCUT2D eigenvalue weighted by Crippen LogP contribution is -1.93. The maximum atomic E-state index is 11.6. The largest absolute Gasteiger partial charge is 0.435 e. The summed E-state index contributed by atoms with van der Waals surface area (Å²) in [6.07, 6.45) is 0. The first-order chi connectivity index (χ1) is 9.86. The summed E-state index contributed by atoms with van der Waals surface area (Å²) < 4.78 is 34.1. The Morgan fingerprint density at radius 2 is 1.38 bits per heavy atom. The van der Waals surface area contributed by atoms with Crippen LogP contribution in [0.2, 0.25) is 0 Å². The molecule has 0 unspecified atom stereocenters. The Balaban J connectivity index is 0.000000383. The van der Waals surface area contributed by atoms with Crippen molar-refractivity contribution in [2.45, 2.75) is 0 Å². The van der Waals surface area contributed by atoms with Gasteiger partial charge in [0.2, 0.25) is 5.78 Å². The van der Waals surface area contributed by atoms with E-state index in [9.17, 15) is 8.68 Å². The molecule has 0 saturated carbocycles. The van der Waals surface area contributed by atoms with E-state index in [2.05, 4.69) is 11.8 Å². The molecule has 0 bridgehead atoms. The third-order valence-corrected chi connectivity index (χ3v) is 2.13. The molecule has 0 heterocycles. The quantitative estimate of drug-likeness (QED) is 0.380. The van der Waals surface area contributed by atoms with Crippen molar-refractivity contribution >= 4 is 16.3 Å². The maximum absolute atomic E-state index is 11.6. The second kappa shape index (κ2) is 7.94. The molecule has 108 valence electrons. The average molecular weight is 306 g/mol. The molecule has 0 saturated heterocycles. The van der Waals surface area contributed by atoms with Gasteiger partial charge in [0.05, 0.1) is 0 Å². The minimum Gasteiger partial charge on any atom is -0.279 e. The molecular formula is C15H11FO4S. The molecule has 0 amide bonds. The molecule has 0 radical (unpaired) electrons. The Hall–Kier alpha value is -2.49. The van der Waals surface area contributed by atoms with E-state index in [1.165, 1.54) is 0 Å². The molecule has 6 heteroatoms. The molecule has 0 aliphatic carbocycles. The van der Waals surface area contributed by atoms with Gasteiger partial charge in [-0.1, -0.05) is 58.3 Å². The fourth-order valence-electron chi connectivity index (χ4n) is 1.31. The first-order valence-electron chi connectivity index (χ1n) is 5.70. The topological polar surface area (TPSA) is 71.4 Å². The fraction of sp³-hybridized carbons (Fsp3) is 0. The summed E-state index contributed by atoms with van der Waals surface area (Å²) in [6, 6.07) is 18.6. The minimum atomic E-state index is -5.17. The Bertz CT molecular complexity index is 737. The van der Waals surface area contributed by atoms with Crippen LogP contribution in [-0.4, -0.2) is 18.8 Å². The standard InChI is InChI=1S/C15H10O.FHO3S/c16-15(14-9-5-2-6-10-14)12-11-13-7-3-1-4-8-13;1-5(2,3)4/h1-10H;(H,2,3,4). The van der Waals surface area contributed by atoms with Crippen LogP contribution >= 0.6 is 0 Å². The molecule has 0 fully saturated rings. The van der Waals surface area contributed by atoms with E-state index in [1.807, 2.05) is 48.5 Å². The van der Waals surface area contributed by atoms with E-state index < -0.39 is 10.5 Å². The van der Waals surface area contributed by atoms with Gasteiger partial charge in [0.1, 0.15) is 0 Å². The summed E-state index contributed by atoms with van der Waals surface area (Å²) in [5, 5.41) is 0. The van der Waals surface area contributed by atoms with E-state index in [1.54, 1.807) is 12.1 Å². The van der Waals surface area contributed by atoms with Crippen molar-refractivity contribution < 1.29 is 21.7 Å². The van der Waals surface area contributed by atoms with Crippen LogP contribution in [0.1, 0.15) is 15.9 Å². The van der Waals surface area contributed by atoms with Gasteiger partial charge >= 0.3 is 10.5 Å². The third-order valence-electron chi connectivity index (χ3n) is 2.13. The van der Waals surface area contributed by atoms with Crippen molar-refractivity contribution in [3.8, 4) is 11.8 Å². The second-order valence-electron chi connectivity index (χ2n) is 3.72. The second-order valence-corrected chi connectivity index (χ2v) is 4.55. The van der Waals surface area contributed by atoms with Crippen molar-refractivity contribution in [3.63, 3.8) is 0 Å². The summed E-state index contributed by atoms with van der Waals surface area (Å²) in [5.41, 5.74) is 1.48. The van der Waals surface area contributed by atoms with Gasteiger partial charge in [-0.2, -0.15) is 8.42 Å². The van der Waals surface area contributed by atoms with Crippen LogP contribution in [0, 0.1) is 11.8 Å². The van der Waals surface area contributed by atoms with Crippen LogP contribution in [0.5, 0.6) is 0 Å². The number of benzene rings is 2. The number of hydrogen-bond acceptors (Lipinski definition) is 3. The average Bonchev–Trinajstić information content (AvgIpc) is 2.45. The highest BCUT2D eigenvalue weighted by atomic mass is 32.3. The van der Waals surface area contributed by atoms with E-state index >= 15 is 0 Å². The maximum Gasteiger partial charge on any atom is 0.435 e. The normalized spacial score (nSPS) is 9.62. The Morgan fingerprint density at radius 1 is 0.952 bits per heavy atom. The first-order valence-corrected chi connectivity index (χ1v) is 7.04. The number of Topliss-reactive ketones (excluding diaryl/α,β-unsaturated/α-hetero) is 1. The number of carbonyl (C=O) groups excluding carboxylic acids is 1. The molecule has 1 N–H and O–H groups in total. The van der Waals surface area contributed by atoms with Gasteiger partial charge < -0.3 is 0 Å². The summed E-state index contributed by atoms with van der Waals surface area (Å²) in [7, 11) is -5.17. The highest BCUT2D eigenvalue weighted by molar-refractivity contribution is 7.80. The number of carbonyl (C=O) groups is 1. The zero-order chi connectivity index (χ0) is 15.7. The SMILES string of the molecule is O=C(C#Cc1ccccc1)c1ccccc1.O=S(=O)(O)F. The van der Waals surface area contributed by atoms with Crippen molar-refractivity contribution in [1.29, 1.82) is 0 Å². The van der Waals surface area contributed by atoms with Crippen molar-refractivity contribution in [1.82, 2.24) is 0 Å². The number of hydrogen-bond donors (Lipinski definition) is 1. The molecule has 0 atom stereocenters. The van der Waals surface area contributed by atoms with Crippen molar-refractivity contribution in [3.05, 3.63) is 71.8 Å². The molecule has 2 rings (SSSR count). The van der Waals surface area contributed by atoms with E-state index in [0.29, 0.717) is 5.56 Å². The van der Waals surface area contributed by atoms with Crippen LogP contribution in [-0.2, 0) is 10.5 Å². The van der Waals surface area contributed by atoms with Crippen molar-refractivity contribution in [2.24, 2.45) is 0 Å². The highest BCUT2D eigenvalue weighted by Crippen LogP contribution is 2.00. The van der Waals surface area contributed by atoms with Gasteiger partial charge in [-0.15, -0.1) is 0 Å². The van der Waals surface area contributed by atoms with Gasteiger partial charge in [0.15, 0.2) is 0 Å². The van der Waals surface area contributed by atoms with Gasteiger partial charge in [-0.25, -0.2) is 0 Å². The molecule has 0 aromatic heterocycles. The lowest BCUT2D eigenvalue weighted by atomic mass is 10.1. The molecule has 2 aromatic carbocycles. The number of ketones is 1. The number of halogens is 1. The lowest BCUT2D eigenvalue weighted by molar-refractivity contribution is 0.105. The molecule has 0 aliphatic rings. The Labute approximate surface area is 122 Å². The monoisotopic (exact) mass is 306 g/mol. The lowest BCUT2D eigenvalue weighted by Gasteiger charge is -1.91. The molecular weight excluding hydrogens is 295 g/mol.